The molecule has 102 valence electrons. The first kappa shape index (κ1) is 15.2. The van der Waals surface area contributed by atoms with E-state index >= 15 is 0 Å². The van der Waals surface area contributed by atoms with Crippen molar-refractivity contribution in [3.05, 3.63) is 29.8 Å². The Balaban J connectivity index is 2.57. The second-order valence-electron chi connectivity index (χ2n) is 4.76. The summed E-state index contributed by atoms with van der Waals surface area (Å²) in [5.41, 5.74) is 2.05. The smallest absolute Gasteiger partial charge is 0.241 e. The molecule has 0 fully saturated rings. The summed E-state index contributed by atoms with van der Waals surface area (Å²) >= 11 is 0. The fourth-order valence-electron chi connectivity index (χ4n) is 1.91. The lowest BCUT2D eigenvalue weighted by Gasteiger charge is -2.09. The van der Waals surface area contributed by atoms with Gasteiger partial charge in [0.05, 0.1) is 6.07 Å². The molecule has 0 aliphatic heterocycles. The van der Waals surface area contributed by atoms with E-state index in [4.69, 9.17) is 5.26 Å². The highest BCUT2D eigenvalue weighted by molar-refractivity contribution is 5.94. The molecule has 1 unspecified atom stereocenters. The van der Waals surface area contributed by atoms with Crippen molar-refractivity contribution in [1.29, 1.82) is 5.26 Å². The third-order valence-corrected chi connectivity index (χ3v) is 3.09. The van der Waals surface area contributed by atoms with E-state index in [0.717, 1.165) is 18.5 Å². The Bertz CT molecular complexity index is 431. The summed E-state index contributed by atoms with van der Waals surface area (Å²) in [7, 11) is 0. The van der Waals surface area contributed by atoms with Gasteiger partial charge in [-0.2, -0.15) is 5.26 Å². The number of hydrogen-bond acceptors (Lipinski definition) is 2. The van der Waals surface area contributed by atoms with Crippen molar-refractivity contribution < 1.29 is 4.79 Å². The molecule has 0 saturated heterocycles. The number of hydrogen-bond donors (Lipinski definition) is 1. The van der Waals surface area contributed by atoms with Crippen LogP contribution >= 0.6 is 0 Å². The van der Waals surface area contributed by atoms with Gasteiger partial charge in [0.15, 0.2) is 0 Å². The van der Waals surface area contributed by atoms with Crippen molar-refractivity contribution in [1.82, 2.24) is 0 Å². The van der Waals surface area contributed by atoms with Gasteiger partial charge in [0, 0.05) is 5.69 Å². The van der Waals surface area contributed by atoms with E-state index in [1.54, 1.807) is 0 Å². The monoisotopic (exact) mass is 258 g/mol. The molecule has 1 amide bonds. The molecular weight excluding hydrogens is 236 g/mol. The van der Waals surface area contributed by atoms with Crippen LogP contribution in [0.15, 0.2) is 24.3 Å². The maximum Gasteiger partial charge on any atom is 0.241 e. The Morgan fingerprint density at radius 3 is 2.47 bits per heavy atom. The molecule has 1 atom stereocenters. The van der Waals surface area contributed by atoms with E-state index in [0.29, 0.717) is 6.42 Å². The molecular formula is C16H22N2O. The van der Waals surface area contributed by atoms with Crippen LogP contribution in [-0.4, -0.2) is 5.91 Å². The van der Waals surface area contributed by atoms with Gasteiger partial charge in [-0.3, -0.25) is 4.79 Å². The first-order valence-electron chi connectivity index (χ1n) is 7.00. The number of rotatable bonds is 7. The summed E-state index contributed by atoms with van der Waals surface area (Å²) < 4.78 is 0. The summed E-state index contributed by atoms with van der Waals surface area (Å²) in [6.45, 7) is 4.14. The highest BCUT2D eigenvalue weighted by Gasteiger charge is 2.16. The molecule has 0 spiro atoms. The highest BCUT2D eigenvalue weighted by atomic mass is 16.1. The van der Waals surface area contributed by atoms with Gasteiger partial charge in [0.25, 0.3) is 0 Å². The summed E-state index contributed by atoms with van der Waals surface area (Å²) in [6.07, 6.45) is 4.87. The molecule has 1 rings (SSSR count). The highest BCUT2D eigenvalue weighted by Crippen LogP contribution is 2.14. The van der Waals surface area contributed by atoms with Gasteiger partial charge >= 0.3 is 0 Å². The predicted octanol–water partition coefficient (Wildman–Crippen LogP) is 3.91. The van der Waals surface area contributed by atoms with Gasteiger partial charge in [0.1, 0.15) is 5.92 Å². The Morgan fingerprint density at radius 2 is 1.95 bits per heavy atom. The first-order valence-corrected chi connectivity index (χ1v) is 7.00. The normalized spacial score (nSPS) is 11.6. The van der Waals surface area contributed by atoms with Crippen molar-refractivity contribution in [2.45, 2.75) is 46.0 Å². The molecule has 0 heterocycles. The lowest BCUT2D eigenvalue weighted by molar-refractivity contribution is -0.118. The Morgan fingerprint density at radius 1 is 1.26 bits per heavy atom. The second-order valence-corrected chi connectivity index (χ2v) is 4.76. The average molecular weight is 258 g/mol. The van der Waals surface area contributed by atoms with Gasteiger partial charge in [-0.1, -0.05) is 38.8 Å². The van der Waals surface area contributed by atoms with Crippen LogP contribution in [0.1, 0.15) is 45.1 Å². The van der Waals surface area contributed by atoms with E-state index in [1.807, 2.05) is 31.2 Å². The second kappa shape index (κ2) is 8.31. The molecule has 0 saturated carbocycles. The maximum absolute atomic E-state index is 11.9. The Labute approximate surface area is 115 Å². The molecule has 0 aliphatic rings. The van der Waals surface area contributed by atoms with Crippen LogP contribution in [0.5, 0.6) is 0 Å². The zero-order valence-electron chi connectivity index (χ0n) is 11.8. The van der Waals surface area contributed by atoms with Crippen molar-refractivity contribution in [2.75, 3.05) is 5.32 Å². The van der Waals surface area contributed by atoms with E-state index in [-0.39, 0.29) is 5.91 Å². The SMILES string of the molecule is CCCCc1ccc(NC(=O)C(C#N)CCC)cc1. The third kappa shape index (κ3) is 5.13. The van der Waals surface area contributed by atoms with E-state index in [1.165, 1.54) is 18.4 Å². The van der Waals surface area contributed by atoms with Crippen LogP contribution in [0.2, 0.25) is 0 Å². The number of benzene rings is 1. The molecule has 1 aromatic carbocycles. The number of nitrogens with zero attached hydrogens (tertiary/aromatic N) is 1. The van der Waals surface area contributed by atoms with Gasteiger partial charge in [-0.15, -0.1) is 0 Å². The maximum atomic E-state index is 11.9. The number of nitriles is 1. The summed E-state index contributed by atoms with van der Waals surface area (Å²) in [5.74, 6) is -0.754. The molecule has 0 bridgehead atoms. The molecule has 1 aromatic rings. The fourth-order valence-corrected chi connectivity index (χ4v) is 1.91. The predicted molar refractivity (Wildman–Crippen MR) is 77.7 cm³/mol. The Kier molecular flexibility index (Phi) is 6.67. The largest absolute Gasteiger partial charge is 0.325 e. The zero-order chi connectivity index (χ0) is 14.1. The van der Waals surface area contributed by atoms with Crippen molar-refractivity contribution in [2.24, 2.45) is 5.92 Å². The van der Waals surface area contributed by atoms with Crippen LogP contribution in [0.3, 0.4) is 0 Å². The van der Waals surface area contributed by atoms with Gasteiger partial charge in [0.2, 0.25) is 5.91 Å². The topological polar surface area (TPSA) is 52.9 Å². The molecule has 19 heavy (non-hydrogen) atoms. The third-order valence-electron chi connectivity index (χ3n) is 3.09. The number of nitrogens with one attached hydrogen (secondary N) is 1. The van der Waals surface area contributed by atoms with Gasteiger partial charge in [-0.25, -0.2) is 0 Å². The lowest BCUT2D eigenvalue weighted by atomic mass is 10.0. The fraction of sp³-hybridized carbons (Fsp3) is 0.500. The molecule has 3 heteroatoms. The minimum Gasteiger partial charge on any atom is -0.325 e. The standard InChI is InChI=1S/C16H22N2O/c1-3-5-7-13-8-10-15(11-9-13)18-16(19)14(12-17)6-4-2/h8-11,14H,3-7H2,1-2H3,(H,18,19). The molecule has 3 nitrogen and oxygen atoms in total. The average Bonchev–Trinajstić information content (AvgIpc) is 2.43. The minimum absolute atomic E-state index is 0.203. The number of anilines is 1. The molecule has 0 aliphatic carbocycles. The quantitative estimate of drug-likeness (QED) is 0.806. The van der Waals surface area contributed by atoms with Gasteiger partial charge < -0.3 is 5.32 Å². The Hall–Kier alpha value is -1.82. The van der Waals surface area contributed by atoms with E-state index in [2.05, 4.69) is 18.3 Å². The van der Waals surface area contributed by atoms with Crippen molar-refractivity contribution >= 4 is 11.6 Å². The van der Waals surface area contributed by atoms with Crippen LogP contribution in [-0.2, 0) is 11.2 Å². The van der Waals surface area contributed by atoms with E-state index in [9.17, 15) is 4.79 Å². The van der Waals surface area contributed by atoms with Crippen molar-refractivity contribution in [3.63, 3.8) is 0 Å². The molecule has 0 radical (unpaired) electrons. The number of carbonyl (C=O) groups is 1. The zero-order valence-corrected chi connectivity index (χ0v) is 11.8. The number of aryl methyl sites for hydroxylation is 1. The minimum atomic E-state index is -0.551. The van der Waals surface area contributed by atoms with Crippen LogP contribution in [0, 0.1) is 17.2 Å². The van der Waals surface area contributed by atoms with Gasteiger partial charge in [-0.05, 0) is 37.0 Å². The van der Waals surface area contributed by atoms with Crippen LogP contribution in [0.25, 0.3) is 0 Å². The van der Waals surface area contributed by atoms with E-state index < -0.39 is 5.92 Å². The lowest BCUT2D eigenvalue weighted by Crippen LogP contribution is -2.21. The molecule has 0 aromatic heterocycles. The number of carbonyl (C=O) groups excluding carboxylic acids is 1. The summed E-state index contributed by atoms with van der Waals surface area (Å²) in [4.78, 5) is 11.9. The summed E-state index contributed by atoms with van der Waals surface area (Å²) in [5, 5.41) is 11.7. The molecule has 1 N–H and O–H groups in total. The van der Waals surface area contributed by atoms with Crippen molar-refractivity contribution in [3.8, 4) is 6.07 Å². The number of amides is 1. The first-order chi connectivity index (χ1) is 9.21. The van der Waals surface area contributed by atoms with Crippen LogP contribution < -0.4 is 5.32 Å². The number of unbranched alkanes of at least 4 members (excludes halogenated alkanes) is 1. The summed E-state index contributed by atoms with van der Waals surface area (Å²) in [6, 6.07) is 9.93. The van der Waals surface area contributed by atoms with Crippen LogP contribution in [0.4, 0.5) is 5.69 Å².